The molecule has 1 unspecified atom stereocenters. The summed E-state index contributed by atoms with van der Waals surface area (Å²) >= 11 is 6.35. The van der Waals surface area contributed by atoms with E-state index in [9.17, 15) is 28.0 Å². The lowest BCUT2D eigenvalue weighted by molar-refractivity contribution is -0.126. The maximum absolute atomic E-state index is 13.9. The number of rotatable bonds is 6. The zero-order chi connectivity index (χ0) is 26.0. The van der Waals surface area contributed by atoms with Gasteiger partial charge in [0.05, 0.1) is 17.1 Å². The van der Waals surface area contributed by atoms with Crippen LogP contribution in [0.1, 0.15) is 27.9 Å². The summed E-state index contributed by atoms with van der Waals surface area (Å²) in [6.45, 7) is 1.71. The van der Waals surface area contributed by atoms with Gasteiger partial charge in [-0.3, -0.25) is 19.7 Å². The highest BCUT2D eigenvalue weighted by Gasteiger charge is 2.29. The Morgan fingerprint density at radius 2 is 1.72 bits per heavy atom. The molecule has 4 N–H and O–H groups in total. The molecule has 4 amide bonds. The van der Waals surface area contributed by atoms with Gasteiger partial charge in [0.2, 0.25) is 11.8 Å². The summed E-state index contributed by atoms with van der Waals surface area (Å²) in [5.74, 6) is -3.09. The third-order valence-corrected chi connectivity index (χ3v) is 5.75. The minimum atomic E-state index is -1.05. The average molecular weight is 513 g/mol. The molecule has 8 nitrogen and oxygen atoms in total. The summed E-state index contributed by atoms with van der Waals surface area (Å²) in [6, 6.07) is 10.4. The number of anilines is 3. The van der Waals surface area contributed by atoms with Crippen LogP contribution in [-0.2, 0) is 9.59 Å². The van der Waals surface area contributed by atoms with E-state index in [-0.39, 0.29) is 33.9 Å². The van der Waals surface area contributed by atoms with Gasteiger partial charge in [-0.05, 0) is 55.0 Å². The molecule has 0 aliphatic carbocycles. The van der Waals surface area contributed by atoms with Crippen LogP contribution in [-0.4, -0.2) is 29.7 Å². The number of hydrogen-bond acceptors (Lipinski definition) is 5. The van der Waals surface area contributed by atoms with Crippen LogP contribution in [0.5, 0.6) is 0 Å². The Morgan fingerprint density at radius 3 is 2.42 bits per heavy atom. The molecule has 0 bridgehead atoms. The summed E-state index contributed by atoms with van der Waals surface area (Å²) in [7, 11) is 0. The van der Waals surface area contributed by atoms with Gasteiger partial charge in [0.25, 0.3) is 0 Å². The number of carbonyl (C=O) groups excluding carboxylic acids is 4. The molecule has 0 radical (unpaired) electrons. The fraction of sp³-hybridized carbons (Fsp3) is 0.120. The Balaban J connectivity index is 1.52. The van der Waals surface area contributed by atoms with Gasteiger partial charge in [-0.1, -0.05) is 17.7 Å². The fourth-order valence-corrected chi connectivity index (χ4v) is 3.88. The molecule has 1 aliphatic rings. The number of ketones is 1. The molecule has 0 spiro atoms. The molecular weight excluding hydrogens is 494 g/mol. The third kappa shape index (κ3) is 5.49. The van der Waals surface area contributed by atoms with Crippen molar-refractivity contribution in [2.24, 2.45) is 0 Å². The maximum atomic E-state index is 13.9. The van der Waals surface area contributed by atoms with Gasteiger partial charge < -0.3 is 16.0 Å². The van der Waals surface area contributed by atoms with Crippen LogP contribution < -0.4 is 21.3 Å². The highest BCUT2D eigenvalue weighted by atomic mass is 35.5. The van der Waals surface area contributed by atoms with E-state index >= 15 is 0 Å². The highest BCUT2D eigenvalue weighted by molar-refractivity contribution is 6.35. The predicted molar refractivity (Wildman–Crippen MR) is 129 cm³/mol. The van der Waals surface area contributed by atoms with Crippen molar-refractivity contribution in [3.63, 3.8) is 0 Å². The number of imide groups is 1. The summed E-state index contributed by atoms with van der Waals surface area (Å²) < 4.78 is 27.1. The van der Waals surface area contributed by atoms with E-state index in [1.807, 2.05) is 5.32 Å². The Morgan fingerprint density at radius 1 is 0.972 bits per heavy atom. The van der Waals surface area contributed by atoms with E-state index in [0.29, 0.717) is 11.3 Å². The van der Waals surface area contributed by atoms with Crippen molar-refractivity contribution in [2.45, 2.75) is 19.4 Å². The van der Waals surface area contributed by atoms with Crippen molar-refractivity contribution < 1.29 is 28.0 Å². The molecular formula is C25H19ClF2N4O4. The van der Waals surface area contributed by atoms with Crippen LogP contribution >= 0.6 is 11.6 Å². The number of aryl methyl sites for hydroxylation is 1. The molecule has 4 rings (SSSR count). The van der Waals surface area contributed by atoms with Crippen LogP contribution in [0.3, 0.4) is 0 Å². The first-order chi connectivity index (χ1) is 17.1. The molecule has 1 fully saturated rings. The molecule has 0 saturated carbocycles. The van der Waals surface area contributed by atoms with Gasteiger partial charge in [-0.15, -0.1) is 0 Å². The molecule has 184 valence electrons. The molecule has 3 aromatic rings. The van der Waals surface area contributed by atoms with Crippen molar-refractivity contribution >= 4 is 52.3 Å². The van der Waals surface area contributed by atoms with Crippen molar-refractivity contribution in [1.82, 2.24) is 10.6 Å². The minimum Gasteiger partial charge on any atom is -0.353 e. The fourth-order valence-electron chi connectivity index (χ4n) is 3.61. The first kappa shape index (κ1) is 24.8. The van der Waals surface area contributed by atoms with Crippen molar-refractivity contribution in [3.8, 4) is 0 Å². The molecule has 3 aromatic carbocycles. The topological polar surface area (TPSA) is 116 Å². The standard InChI is InChI=1S/C25H19ClF2N4O4/c1-12-2-4-14(30-24(35)21-11-22(33)32-25(36)31-21)9-17(12)23(34)16-6-5-15(10-18(16)26)29-20-7-3-13(27)8-19(20)28/h2-10,21,29H,11H2,1H3,(H,30,35)(H2,31,32,33,36). The average Bonchev–Trinajstić information content (AvgIpc) is 2.81. The van der Waals surface area contributed by atoms with Crippen molar-refractivity contribution in [1.29, 1.82) is 0 Å². The van der Waals surface area contributed by atoms with Crippen LogP contribution in [0, 0.1) is 18.6 Å². The second-order valence-corrected chi connectivity index (χ2v) is 8.48. The Kier molecular flexibility index (Phi) is 6.98. The number of hydrogen-bond donors (Lipinski definition) is 4. The van der Waals surface area contributed by atoms with Crippen molar-refractivity contribution in [3.05, 3.63) is 87.9 Å². The molecule has 1 atom stereocenters. The quantitative estimate of drug-likeness (QED) is 0.364. The van der Waals surface area contributed by atoms with Crippen molar-refractivity contribution in [2.75, 3.05) is 10.6 Å². The molecule has 36 heavy (non-hydrogen) atoms. The second-order valence-electron chi connectivity index (χ2n) is 8.07. The van der Waals surface area contributed by atoms with E-state index in [1.54, 1.807) is 19.1 Å². The van der Waals surface area contributed by atoms with E-state index in [0.717, 1.165) is 12.1 Å². The van der Waals surface area contributed by atoms with Crippen LogP contribution in [0.15, 0.2) is 54.6 Å². The maximum Gasteiger partial charge on any atom is 0.322 e. The second kappa shape index (κ2) is 10.1. The van der Waals surface area contributed by atoms with Crippen LogP contribution in [0.4, 0.5) is 30.6 Å². The number of halogens is 3. The lowest BCUT2D eigenvalue weighted by atomic mass is 9.98. The molecule has 1 saturated heterocycles. The Labute approximate surface area is 209 Å². The van der Waals surface area contributed by atoms with Gasteiger partial charge in [0, 0.05) is 28.6 Å². The zero-order valence-electron chi connectivity index (χ0n) is 18.7. The smallest absolute Gasteiger partial charge is 0.322 e. The largest absolute Gasteiger partial charge is 0.353 e. The molecule has 11 heteroatoms. The Bertz CT molecular complexity index is 1400. The number of benzene rings is 3. The van der Waals surface area contributed by atoms with E-state index in [2.05, 4.69) is 16.0 Å². The van der Waals surface area contributed by atoms with E-state index < -0.39 is 41.3 Å². The highest BCUT2D eigenvalue weighted by Crippen LogP contribution is 2.28. The zero-order valence-corrected chi connectivity index (χ0v) is 19.5. The third-order valence-electron chi connectivity index (χ3n) is 5.44. The van der Waals surface area contributed by atoms with Crippen LogP contribution in [0.25, 0.3) is 0 Å². The molecule has 0 aromatic heterocycles. The van der Waals surface area contributed by atoms with E-state index in [4.69, 9.17) is 11.6 Å². The Hall–Kier alpha value is -4.31. The van der Waals surface area contributed by atoms with Gasteiger partial charge in [0.15, 0.2) is 5.78 Å². The van der Waals surface area contributed by atoms with Crippen LogP contribution in [0.2, 0.25) is 5.02 Å². The predicted octanol–water partition coefficient (Wildman–Crippen LogP) is 4.44. The number of nitrogens with one attached hydrogen (secondary N) is 4. The molecule has 1 heterocycles. The summed E-state index contributed by atoms with van der Waals surface area (Å²) in [6.07, 6.45) is -0.215. The SMILES string of the molecule is Cc1ccc(NC(=O)C2CC(=O)NC(=O)N2)cc1C(=O)c1ccc(Nc2ccc(F)cc2F)cc1Cl. The number of amides is 4. The normalized spacial score (nSPS) is 15.1. The first-order valence-corrected chi connectivity index (χ1v) is 11.1. The summed E-state index contributed by atoms with van der Waals surface area (Å²) in [4.78, 5) is 48.7. The summed E-state index contributed by atoms with van der Waals surface area (Å²) in [5.41, 5.74) is 1.77. The van der Waals surface area contributed by atoms with Gasteiger partial charge >= 0.3 is 6.03 Å². The number of carbonyl (C=O) groups is 4. The van der Waals surface area contributed by atoms with Gasteiger partial charge in [-0.25, -0.2) is 13.6 Å². The minimum absolute atomic E-state index is 0.0393. The number of urea groups is 1. The lowest BCUT2D eigenvalue weighted by Crippen LogP contribution is -2.56. The lowest BCUT2D eigenvalue weighted by Gasteiger charge is -2.22. The monoisotopic (exact) mass is 512 g/mol. The summed E-state index contributed by atoms with van der Waals surface area (Å²) in [5, 5.41) is 9.88. The van der Waals surface area contributed by atoms with E-state index in [1.165, 1.54) is 30.3 Å². The van der Waals surface area contributed by atoms with Gasteiger partial charge in [0.1, 0.15) is 17.7 Å². The van der Waals surface area contributed by atoms with Gasteiger partial charge in [-0.2, -0.15) is 0 Å². The first-order valence-electron chi connectivity index (χ1n) is 10.7. The molecule has 1 aliphatic heterocycles.